The van der Waals surface area contributed by atoms with E-state index < -0.39 is 0 Å². The largest absolute Gasteiger partial charge is 0.338 e. The van der Waals surface area contributed by atoms with E-state index in [0.29, 0.717) is 11.8 Å². The monoisotopic (exact) mass is 290 g/mol. The number of rotatable bonds is 4. The molecule has 0 aliphatic carbocycles. The Labute approximate surface area is 125 Å². The number of fused-ring (bicyclic) bond motifs is 1. The van der Waals surface area contributed by atoms with Crippen LogP contribution in [-0.4, -0.2) is 42.7 Å². The van der Waals surface area contributed by atoms with Crippen molar-refractivity contribution in [2.45, 2.75) is 12.7 Å². The van der Waals surface area contributed by atoms with Crippen molar-refractivity contribution in [3.8, 4) is 0 Å². The van der Waals surface area contributed by atoms with Gasteiger partial charge in [-0.15, -0.1) is 0 Å². The van der Waals surface area contributed by atoms with Crippen molar-refractivity contribution in [1.82, 2.24) is 10.2 Å². The van der Waals surface area contributed by atoms with Crippen LogP contribution >= 0.6 is 11.8 Å². The molecular formula is C16H22N2OS. The van der Waals surface area contributed by atoms with E-state index in [2.05, 4.69) is 24.4 Å². The van der Waals surface area contributed by atoms with Gasteiger partial charge in [0.2, 0.25) is 0 Å². The number of hydrogen-bond acceptors (Lipinski definition) is 3. The number of nitrogens with zero attached hydrogens (tertiary/aromatic N) is 1. The fourth-order valence-corrected chi connectivity index (χ4v) is 3.80. The number of carbonyl (C=O) groups is 1. The first-order valence-electron chi connectivity index (χ1n) is 7.44. The smallest absolute Gasteiger partial charge is 0.253 e. The van der Waals surface area contributed by atoms with Gasteiger partial charge in [0.05, 0.1) is 0 Å². The fourth-order valence-electron chi connectivity index (χ4n) is 3.17. The molecule has 2 atom stereocenters. The molecule has 20 heavy (non-hydrogen) atoms. The first-order valence-corrected chi connectivity index (χ1v) is 8.60. The topological polar surface area (TPSA) is 32.3 Å². The van der Waals surface area contributed by atoms with Gasteiger partial charge in [0.1, 0.15) is 0 Å². The first kappa shape index (κ1) is 14.0. The van der Waals surface area contributed by atoms with Crippen LogP contribution in [0.15, 0.2) is 24.3 Å². The van der Waals surface area contributed by atoms with E-state index >= 15 is 0 Å². The average Bonchev–Trinajstić information content (AvgIpc) is 3.06. The molecule has 3 rings (SSSR count). The summed E-state index contributed by atoms with van der Waals surface area (Å²) in [5, 5.41) is 3.41. The van der Waals surface area contributed by atoms with E-state index in [1.54, 1.807) is 0 Å². The Morgan fingerprint density at radius 2 is 1.90 bits per heavy atom. The molecule has 2 aliphatic heterocycles. The molecule has 2 aliphatic rings. The minimum absolute atomic E-state index is 0.203. The zero-order chi connectivity index (χ0) is 13.9. The Morgan fingerprint density at radius 1 is 1.25 bits per heavy atom. The SMILES string of the molecule is CCSCc1ccc(C(=O)N2C[C@H]3CNC[C@H]3C2)cc1. The molecule has 4 heteroatoms. The summed E-state index contributed by atoms with van der Waals surface area (Å²) >= 11 is 1.91. The fraction of sp³-hybridized carbons (Fsp3) is 0.562. The van der Waals surface area contributed by atoms with E-state index in [4.69, 9.17) is 0 Å². The summed E-state index contributed by atoms with van der Waals surface area (Å²) in [6.45, 7) is 6.15. The predicted molar refractivity (Wildman–Crippen MR) is 84.0 cm³/mol. The van der Waals surface area contributed by atoms with Gasteiger partial charge in [0, 0.05) is 37.5 Å². The lowest BCUT2D eigenvalue weighted by atomic mass is 10.0. The molecule has 3 nitrogen and oxygen atoms in total. The Balaban J connectivity index is 1.62. The van der Waals surface area contributed by atoms with Gasteiger partial charge in [-0.2, -0.15) is 11.8 Å². The molecule has 2 heterocycles. The molecule has 0 unspecified atom stereocenters. The maximum atomic E-state index is 12.5. The molecule has 0 saturated carbocycles. The molecule has 0 radical (unpaired) electrons. The van der Waals surface area contributed by atoms with Gasteiger partial charge in [-0.25, -0.2) is 0 Å². The van der Waals surface area contributed by atoms with E-state index in [-0.39, 0.29) is 5.91 Å². The molecule has 2 fully saturated rings. The van der Waals surface area contributed by atoms with Crippen molar-refractivity contribution in [1.29, 1.82) is 0 Å². The van der Waals surface area contributed by atoms with Gasteiger partial charge in [0.25, 0.3) is 5.91 Å². The Bertz CT molecular complexity index is 462. The van der Waals surface area contributed by atoms with Crippen molar-refractivity contribution in [3.63, 3.8) is 0 Å². The normalized spacial score (nSPS) is 24.9. The van der Waals surface area contributed by atoms with Gasteiger partial charge < -0.3 is 10.2 Å². The molecule has 0 spiro atoms. The van der Waals surface area contributed by atoms with Crippen LogP contribution in [0.1, 0.15) is 22.8 Å². The van der Waals surface area contributed by atoms with Gasteiger partial charge in [-0.05, 0) is 35.3 Å². The Kier molecular flexibility index (Phi) is 4.32. The second-order valence-corrected chi connectivity index (χ2v) is 7.00. The number of amides is 1. The molecule has 2 saturated heterocycles. The van der Waals surface area contributed by atoms with Crippen molar-refractivity contribution >= 4 is 17.7 Å². The van der Waals surface area contributed by atoms with E-state index in [1.807, 2.05) is 28.8 Å². The van der Waals surface area contributed by atoms with Crippen LogP contribution in [0.5, 0.6) is 0 Å². The summed E-state index contributed by atoms with van der Waals surface area (Å²) < 4.78 is 0. The zero-order valence-electron chi connectivity index (χ0n) is 12.0. The molecule has 1 aromatic rings. The number of thioether (sulfide) groups is 1. The van der Waals surface area contributed by atoms with Crippen LogP contribution in [0.4, 0.5) is 0 Å². The van der Waals surface area contributed by atoms with Crippen LogP contribution in [-0.2, 0) is 5.75 Å². The first-order chi connectivity index (χ1) is 9.78. The van der Waals surface area contributed by atoms with Crippen LogP contribution in [0.3, 0.4) is 0 Å². The molecular weight excluding hydrogens is 268 g/mol. The molecule has 108 valence electrons. The average molecular weight is 290 g/mol. The van der Waals surface area contributed by atoms with Crippen molar-refractivity contribution in [2.24, 2.45) is 11.8 Å². The Morgan fingerprint density at radius 3 is 2.50 bits per heavy atom. The van der Waals surface area contributed by atoms with Gasteiger partial charge in [-0.1, -0.05) is 19.1 Å². The number of hydrogen-bond donors (Lipinski definition) is 1. The van der Waals surface area contributed by atoms with Crippen LogP contribution in [0, 0.1) is 11.8 Å². The van der Waals surface area contributed by atoms with Crippen molar-refractivity contribution in [3.05, 3.63) is 35.4 Å². The number of benzene rings is 1. The minimum atomic E-state index is 0.203. The third-order valence-electron chi connectivity index (χ3n) is 4.35. The molecule has 1 amide bonds. The summed E-state index contributed by atoms with van der Waals surface area (Å²) in [6.07, 6.45) is 0. The maximum Gasteiger partial charge on any atom is 0.253 e. The standard InChI is InChI=1S/C16H22N2OS/c1-2-20-11-12-3-5-13(6-4-12)16(19)18-9-14-7-17-8-15(14)10-18/h3-6,14-15,17H,2,7-11H2,1H3/t14-,15+. The summed E-state index contributed by atoms with van der Waals surface area (Å²) in [7, 11) is 0. The van der Waals surface area contributed by atoms with E-state index in [1.165, 1.54) is 5.56 Å². The van der Waals surface area contributed by atoms with Crippen molar-refractivity contribution < 1.29 is 4.79 Å². The highest BCUT2D eigenvalue weighted by Gasteiger charge is 2.38. The van der Waals surface area contributed by atoms with Gasteiger partial charge >= 0.3 is 0 Å². The summed E-state index contributed by atoms with van der Waals surface area (Å²) in [5.41, 5.74) is 2.14. The second-order valence-electron chi connectivity index (χ2n) is 5.72. The summed E-state index contributed by atoms with van der Waals surface area (Å²) in [4.78, 5) is 14.5. The highest BCUT2D eigenvalue weighted by molar-refractivity contribution is 7.98. The molecule has 1 N–H and O–H groups in total. The zero-order valence-corrected chi connectivity index (χ0v) is 12.8. The maximum absolute atomic E-state index is 12.5. The van der Waals surface area contributed by atoms with Gasteiger partial charge in [-0.3, -0.25) is 4.79 Å². The third kappa shape index (κ3) is 2.86. The lowest BCUT2D eigenvalue weighted by Gasteiger charge is -2.17. The van der Waals surface area contributed by atoms with Crippen LogP contribution < -0.4 is 5.32 Å². The quantitative estimate of drug-likeness (QED) is 0.923. The highest BCUT2D eigenvalue weighted by atomic mass is 32.2. The molecule has 0 bridgehead atoms. The number of carbonyl (C=O) groups excluding carboxylic acids is 1. The number of nitrogens with one attached hydrogen (secondary N) is 1. The lowest BCUT2D eigenvalue weighted by molar-refractivity contribution is 0.0781. The van der Waals surface area contributed by atoms with Crippen molar-refractivity contribution in [2.75, 3.05) is 31.9 Å². The molecule has 0 aromatic heterocycles. The second kappa shape index (κ2) is 6.19. The summed E-state index contributed by atoms with van der Waals surface area (Å²) in [6, 6.07) is 8.16. The predicted octanol–water partition coefficient (Wildman–Crippen LogP) is 2.23. The third-order valence-corrected chi connectivity index (χ3v) is 5.30. The van der Waals surface area contributed by atoms with Crippen LogP contribution in [0.25, 0.3) is 0 Å². The number of likely N-dealkylation sites (tertiary alicyclic amines) is 1. The lowest BCUT2D eigenvalue weighted by Crippen LogP contribution is -2.31. The highest BCUT2D eigenvalue weighted by Crippen LogP contribution is 2.27. The Hall–Kier alpha value is -1.00. The van der Waals surface area contributed by atoms with E-state index in [9.17, 15) is 4.79 Å². The molecule has 1 aromatic carbocycles. The van der Waals surface area contributed by atoms with E-state index in [0.717, 1.165) is 43.2 Å². The summed E-state index contributed by atoms with van der Waals surface area (Å²) in [5.74, 6) is 3.70. The van der Waals surface area contributed by atoms with Gasteiger partial charge in [0.15, 0.2) is 0 Å². The van der Waals surface area contributed by atoms with Crippen LogP contribution in [0.2, 0.25) is 0 Å². The minimum Gasteiger partial charge on any atom is -0.338 e.